The molecule has 2 aromatic heterocycles. The van der Waals surface area contributed by atoms with E-state index in [1.807, 2.05) is 0 Å². The van der Waals surface area contributed by atoms with Crippen LogP contribution in [0.5, 0.6) is 0 Å². The zero-order chi connectivity index (χ0) is 19.1. The van der Waals surface area contributed by atoms with Gasteiger partial charge in [-0.05, 0) is 30.7 Å². The van der Waals surface area contributed by atoms with Gasteiger partial charge in [0, 0.05) is 22.3 Å². The molecule has 0 aliphatic rings. The lowest BCUT2D eigenvalue weighted by molar-refractivity contribution is -0.141. The van der Waals surface area contributed by atoms with E-state index in [-0.39, 0.29) is 10.7 Å². The largest absolute Gasteiger partial charge is 0.435 e. The number of amides is 1. The number of aromatic nitrogens is 2. The third kappa shape index (κ3) is 3.64. The van der Waals surface area contributed by atoms with Crippen LogP contribution in [0, 0.1) is 0 Å². The lowest BCUT2D eigenvalue weighted by Gasteiger charge is -2.15. The van der Waals surface area contributed by atoms with Crippen molar-refractivity contribution >= 4 is 34.8 Å². The van der Waals surface area contributed by atoms with Crippen molar-refractivity contribution in [3.63, 3.8) is 0 Å². The zero-order valence-corrected chi connectivity index (χ0v) is 14.8. The molecule has 26 heavy (non-hydrogen) atoms. The van der Waals surface area contributed by atoms with E-state index in [1.54, 1.807) is 31.2 Å². The Labute approximate surface area is 156 Å². The average molecular weight is 402 g/mol. The Balaban J connectivity index is 2.00. The van der Waals surface area contributed by atoms with Crippen molar-refractivity contribution in [3.05, 3.63) is 69.6 Å². The number of carbonyl (C=O) groups excluding carboxylic acids is 1. The first-order valence-corrected chi connectivity index (χ1v) is 8.23. The number of hydrogen-bond donors (Lipinski definition) is 1. The summed E-state index contributed by atoms with van der Waals surface area (Å²) in [6.07, 6.45) is -3.50. The van der Waals surface area contributed by atoms with Gasteiger partial charge in [0.05, 0.1) is 6.04 Å². The van der Waals surface area contributed by atoms with Crippen LogP contribution in [-0.2, 0) is 6.18 Å². The van der Waals surface area contributed by atoms with Gasteiger partial charge < -0.3 is 5.32 Å². The number of nitrogens with one attached hydrogen (secondary N) is 1. The number of imidazole rings is 1. The van der Waals surface area contributed by atoms with Crippen molar-refractivity contribution in [2.24, 2.45) is 0 Å². The van der Waals surface area contributed by atoms with Gasteiger partial charge in [-0.3, -0.25) is 9.20 Å². The van der Waals surface area contributed by atoms with Crippen LogP contribution in [0.25, 0.3) is 5.65 Å². The molecule has 1 N–H and O–H groups in total. The van der Waals surface area contributed by atoms with E-state index >= 15 is 0 Å². The van der Waals surface area contributed by atoms with E-state index in [9.17, 15) is 18.0 Å². The van der Waals surface area contributed by atoms with Gasteiger partial charge in [0.1, 0.15) is 11.3 Å². The molecule has 136 valence electrons. The number of rotatable bonds is 3. The third-order valence-electron chi connectivity index (χ3n) is 3.79. The molecular formula is C17H12Cl2F3N3O. The number of alkyl halides is 3. The molecule has 4 nitrogen and oxygen atoms in total. The minimum absolute atomic E-state index is 0.0610. The molecule has 1 amide bonds. The Morgan fingerprint density at radius 1 is 1.15 bits per heavy atom. The van der Waals surface area contributed by atoms with E-state index in [4.69, 9.17) is 23.2 Å². The Morgan fingerprint density at radius 2 is 1.81 bits per heavy atom. The molecule has 1 aromatic carbocycles. The summed E-state index contributed by atoms with van der Waals surface area (Å²) in [6.45, 7) is 1.66. The van der Waals surface area contributed by atoms with Gasteiger partial charge in [0.2, 0.25) is 0 Å². The van der Waals surface area contributed by atoms with Gasteiger partial charge in [0.15, 0.2) is 5.69 Å². The fourth-order valence-corrected chi connectivity index (χ4v) is 2.81. The highest BCUT2D eigenvalue weighted by molar-refractivity contribution is 6.31. The first-order valence-electron chi connectivity index (χ1n) is 7.48. The van der Waals surface area contributed by atoms with E-state index in [2.05, 4.69) is 10.3 Å². The highest BCUT2D eigenvalue weighted by atomic mass is 35.5. The smallest absolute Gasteiger partial charge is 0.344 e. The van der Waals surface area contributed by atoms with Crippen molar-refractivity contribution in [3.8, 4) is 0 Å². The highest BCUT2D eigenvalue weighted by Gasteiger charge is 2.40. The van der Waals surface area contributed by atoms with E-state index in [0.717, 1.165) is 4.40 Å². The summed E-state index contributed by atoms with van der Waals surface area (Å²) >= 11 is 11.6. The fourth-order valence-electron chi connectivity index (χ4n) is 2.53. The summed E-state index contributed by atoms with van der Waals surface area (Å²) in [5.41, 5.74) is -1.21. The van der Waals surface area contributed by atoms with Crippen LogP contribution in [0.4, 0.5) is 13.2 Å². The monoisotopic (exact) mass is 401 g/mol. The maximum absolute atomic E-state index is 13.3. The second-order valence-electron chi connectivity index (χ2n) is 5.63. The molecule has 0 radical (unpaired) electrons. The number of nitrogens with zero attached hydrogens (tertiary/aromatic N) is 2. The third-order valence-corrected chi connectivity index (χ3v) is 4.28. The lowest BCUT2D eigenvalue weighted by Crippen LogP contribution is -2.29. The molecule has 0 aliphatic carbocycles. The predicted octanol–water partition coefficient (Wildman–Crippen LogP) is 5.15. The van der Waals surface area contributed by atoms with Crippen molar-refractivity contribution < 1.29 is 18.0 Å². The molecule has 2 heterocycles. The molecule has 1 atom stereocenters. The number of benzene rings is 1. The maximum Gasteiger partial charge on any atom is 0.435 e. The fraction of sp³-hybridized carbons (Fsp3) is 0.176. The summed E-state index contributed by atoms with van der Waals surface area (Å²) in [4.78, 5) is 16.1. The molecule has 0 saturated heterocycles. The Hall–Kier alpha value is -2.25. The highest BCUT2D eigenvalue weighted by Crippen LogP contribution is 2.32. The first-order chi connectivity index (χ1) is 12.2. The number of fused-ring (bicyclic) bond motifs is 1. The summed E-state index contributed by atoms with van der Waals surface area (Å²) < 4.78 is 41.1. The van der Waals surface area contributed by atoms with Gasteiger partial charge in [-0.2, -0.15) is 13.2 Å². The molecule has 9 heteroatoms. The molecule has 0 spiro atoms. The minimum atomic E-state index is -4.78. The van der Waals surface area contributed by atoms with Crippen molar-refractivity contribution in [1.82, 2.24) is 14.7 Å². The molecule has 3 rings (SSSR count). The lowest BCUT2D eigenvalue weighted by atomic mass is 10.1. The molecular weight excluding hydrogens is 390 g/mol. The zero-order valence-electron chi connectivity index (χ0n) is 13.3. The Morgan fingerprint density at radius 3 is 2.42 bits per heavy atom. The van der Waals surface area contributed by atoms with Gasteiger partial charge in [0.25, 0.3) is 5.91 Å². The van der Waals surface area contributed by atoms with E-state index in [1.165, 1.54) is 18.3 Å². The predicted molar refractivity (Wildman–Crippen MR) is 92.5 cm³/mol. The molecule has 3 aromatic rings. The number of hydrogen-bond acceptors (Lipinski definition) is 2. The van der Waals surface area contributed by atoms with Crippen LogP contribution in [0.1, 0.15) is 34.7 Å². The number of carbonyl (C=O) groups is 1. The standard InChI is InChI=1S/C17H12Cl2F3N3O/c1-9(10-2-4-11(18)5-3-10)23-16(26)14-15(17(20,21)22)24-13-8-12(19)6-7-25(13)14/h2-9H,1H3,(H,23,26). The van der Waals surface area contributed by atoms with Crippen LogP contribution >= 0.6 is 23.2 Å². The summed E-state index contributed by atoms with van der Waals surface area (Å²) in [6, 6.07) is 8.76. The van der Waals surface area contributed by atoms with E-state index < -0.39 is 29.5 Å². The average Bonchev–Trinajstić information content (AvgIpc) is 2.94. The minimum Gasteiger partial charge on any atom is -0.344 e. The SMILES string of the molecule is CC(NC(=O)c1c(C(F)(F)F)nc2cc(Cl)ccn12)c1ccc(Cl)cc1. The van der Waals surface area contributed by atoms with Crippen LogP contribution in [0.15, 0.2) is 42.6 Å². The van der Waals surface area contributed by atoms with Crippen LogP contribution < -0.4 is 5.32 Å². The van der Waals surface area contributed by atoms with Crippen molar-refractivity contribution in [2.75, 3.05) is 0 Å². The summed E-state index contributed by atoms with van der Waals surface area (Å²) in [7, 11) is 0. The van der Waals surface area contributed by atoms with Crippen molar-refractivity contribution in [1.29, 1.82) is 0 Å². The maximum atomic E-state index is 13.3. The molecule has 1 unspecified atom stereocenters. The quantitative estimate of drug-likeness (QED) is 0.659. The summed E-state index contributed by atoms with van der Waals surface area (Å²) in [5.74, 6) is -0.894. The van der Waals surface area contributed by atoms with Crippen LogP contribution in [-0.4, -0.2) is 15.3 Å². The first kappa shape index (κ1) is 18.5. The second kappa shape index (κ2) is 6.81. The van der Waals surface area contributed by atoms with E-state index in [0.29, 0.717) is 10.6 Å². The van der Waals surface area contributed by atoms with Gasteiger partial charge >= 0.3 is 6.18 Å². The van der Waals surface area contributed by atoms with Crippen LogP contribution in [0.2, 0.25) is 10.0 Å². The van der Waals surface area contributed by atoms with Gasteiger partial charge in [-0.1, -0.05) is 35.3 Å². The number of halogens is 5. The Bertz CT molecular complexity index is 968. The molecule has 0 aliphatic heterocycles. The molecule has 0 fully saturated rings. The Kier molecular flexibility index (Phi) is 4.86. The topological polar surface area (TPSA) is 46.4 Å². The molecule has 0 bridgehead atoms. The van der Waals surface area contributed by atoms with Crippen molar-refractivity contribution in [2.45, 2.75) is 19.1 Å². The van der Waals surface area contributed by atoms with Gasteiger partial charge in [-0.15, -0.1) is 0 Å². The number of pyridine rings is 1. The molecule has 0 saturated carbocycles. The normalized spacial score (nSPS) is 13.0. The van der Waals surface area contributed by atoms with Gasteiger partial charge in [-0.25, -0.2) is 4.98 Å². The summed E-state index contributed by atoms with van der Waals surface area (Å²) in [5, 5.41) is 3.30. The second-order valence-corrected chi connectivity index (χ2v) is 6.50. The van der Waals surface area contributed by atoms with Crippen LogP contribution in [0.3, 0.4) is 0 Å².